The first kappa shape index (κ1) is 16.5. The summed E-state index contributed by atoms with van der Waals surface area (Å²) >= 11 is 0. The van der Waals surface area contributed by atoms with Gasteiger partial charge in [-0.05, 0) is 44.9 Å². The van der Waals surface area contributed by atoms with Gasteiger partial charge >= 0.3 is 0 Å². The van der Waals surface area contributed by atoms with Crippen molar-refractivity contribution in [3.05, 3.63) is 29.8 Å². The van der Waals surface area contributed by atoms with Crippen molar-refractivity contribution in [2.75, 3.05) is 18.4 Å². The molecule has 2 rings (SSSR count). The van der Waals surface area contributed by atoms with E-state index in [1.165, 1.54) is 0 Å². The Bertz CT molecular complexity index is 540. The molecule has 5 heteroatoms. The van der Waals surface area contributed by atoms with E-state index >= 15 is 0 Å². The van der Waals surface area contributed by atoms with Crippen LogP contribution in [0.4, 0.5) is 5.69 Å². The minimum Gasteiger partial charge on any atom is -0.339 e. The quantitative estimate of drug-likeness (QED) is 0.876. The van der Waals surface area contributed by atoms with Crippen LogP contribution in [0, 0.1) is 5.92 Å². The minimum absolute atomic E-state index is 0.0151. The molecule has 5 nitrogen and oxygen atoms in total. The Balaban J connectivity index is 2.08. The lowest BCUT2D eigenvalue weighted by atomic mass is 10.0. The van der Waals surface area contributed by atoms with E-state index in [0.29, 0.717) is 24.3 Å². The van der Waals surface area contributed by atoms with Crippen molar-refractivity contribution in [2.24, 2.45) is 11.7 Å². The van der Waals surface area contributed by atoms with E-state index in [0.717, 1.165) is 19.3 Å². The summed E-state index contributed by atoms with van der Waals surface area (Å²) in [5.74, 6) is -0.182. The molecule has 1 aliphatic rings. The largest absolute Gasteiger partial charge is 0.339 e. The van der Waals surface area contributed by atoms with Crippen molar-refractivity contribution < 1.29 is 9.59 Å². The van der Waals surface area contributed by atoms with Gasteiger partial charge in [0.1, 0.15) is 0 Å². The molecule has 1 saturated carbocycles. The van der Waals surface area contributed by atoms with Crippen LogP contribution >= 0.6 is 0 Å². The summed E-state index contributed by atoms with van der Waals surface area (Å²) in [5.41, 5.74) is 7.22. The summed E-state index contributed by atoms with van der Waals surface area (Å²) in [5, 5.41) is 2.89. The van der Waals surface area contributed by atoms with E-state index in [4.69, 9.17) is 5.73 Å². The highest BCUT2D eigenvalue weighted by atomic mass is 16.2. The fourth-order valence-electron chi connectivity index (χ4n) is 2.97. The number of amides is 2. The molecule has 120 valence electrons. The molecule has 0 spiro atoms. The van der Waals surface area contributed by atoms with E-state index < -0.39 is 0 Å². The normalized spacial score (nSPS) is 20.7. The molecule has 2 unspecified atom stereocenters. The molecular formula is C17H25N3O2. The number of benzene rings is 1. The lowest BCUT2D eigenvalue weighted by molar-refractivity contribution is -0.120. The number of hydrogen-bond acceptors (Lipinski definition) is 3. The maximum absolute atomic E-state index is 12.3. The monoisotopic (exact) mass is 303 g/mol. The van der Waals surface area contributed by atoms with Crippen molar-refractivity contribution in [2.45, 2.75) is 39.2 Å². The van der Waals surface area contributed by atoms with Crippen LogP contribution < -0.4 is 11.1 Å². The third kappa shape index (κ3) is 3.65. The predicted octanol–water partition coefficient (Wildman–Crippen LogP) is 2.23. The highest BCUT2D eigenvalue weighted by Crippen LogP contribution is 2.25. The van der Waals surface area contributed by atoms with Crippen LogP contribution in [0.25, 0.3) is 0 Å². The van der Waals surface area contributed by atoms with Crippen LogP contribution in [0.2, 0.25) is 0 Å². The van der Waals surface area contributed by atoms with Gasteiger partial charge in [-0.2, -0.15) is 0 Å². The molecule has 1 aliphatic carbocycles. The van der Waals surface area contributed by atoms with E-state index in [1.807, 2.05) is 13.8 Å². The zero-order chi connectivity index (χ0) is 16.1. The lowest BCUT2D eigenvalue weighted by Gasteiger charge is -2.19. The van der Waals surface area contributed by atoms with E-state index in [-0.39, 0.29) is 23.8 Å². The molecule has 22 heavy (non-hydrogen) atoms. The van der Waals surface area contributed by atoms with Crippen molar-refractivity contribution in [1.29, 1.82) is 0 Å². The molecule has 0 heterocycles. The van der Waals surface area contributed by atoms with Gasteiger partial charge in [0, 0.05) is 30.4 Å². The standard InChI is InChI=1S/C17H25N3O2/c1-3-20(4-2)17(22)12-7-5-8-13(11-12)19-16(21)14-9-6-10-15(14)18/h5,7-8,11,14-15H,3-4,6,9-10,18H2,1-2H3,(H,19,21). The van der Waals surface area contributed by atoms with Crippen LogP contribution in [-0.4, -0.2) is 35.8 Å². The first-order valence-corrected chi connectivity index (χ1v) is 8.02. The van der Waals surface area contributed by atoms with Crippen LogP contribution in [0.3, 0.4) is 0 Å². The smallest absolute Gasteiger partial charge is 0.253 e. The van der Waals surface area contributed by atoms with Crippen LogP contribution in [0.1, 0.15) is 43.5 Å². The molecular weight excluding hydrogens is 278 g/mol. The molecule has 2 amide bonds. The molecule has 0 aliphatic heterocycles. The second kappa shape index (κ2) is 7.40. The second-order valence-corrected chi connectivity index (χ2v) is 5.75. The molecule has 0 bridgehead atoms. The third-order valence-electron chi connectivity index (χ3n) is 4.33. The van der Waals surface area contributed by atoms with E-state index in [2.05, 4.69) is 5.32 Å². The topological polar surface area (TPSA) is 75.4 Å². The van der Waals surface area contributed by atoms with E-state index in [1.54, 1.807) is 29.2 Å². The molecule has 1 aromatic rings. The number of nitrogens with two attached hydrogens (primary N) is 1. The fourth-order valence-corrected chi connectivity index (χ4v) is 2.97. The van der Waals surface area contributed by atoms with E-state index in [9.17, 15) is 9.59 Å². The Morgan fingerprint density at radius 3 is 2.59 bits per heavy atom. The van der Waals surface area contributed by atoms with Crippen molar-refractivity contribution in [3.8, 4) is 0 Å². The molecule has 0 radical (unpaired) electrons. The molecule has 1 aromatic carbocycles. The summed E-state index contributed by atoms with van der Waals surface area (Å²) in [4.78, 5) is 26.4. The van der Waals surface area contributed by atoms with Gasteiger partial charge in [-0.25, -0.2) is 0 Å². The highest BCUT2D eigenvalue weighted by Gasteiger charge is 2.30. The Labute approximate surface area is 131 Å². The lowest BCUT2D eigenvalue weighted by Crippen LogP contribution is -2.34. The minimum atomic E-state index is -0.123. The van der Waals surface area contributed by atoms with Gasteiger partial charge in [-0.3, -0.25) is 9.59 Å². The maximum Gasteiger partial charge on any atom is 0.253 e. The average Bonchev–Trinajstić information content (AvgIpc) is 2.95. The second-order valence-electron chi connectivity index (χ2n) is 5.75. The average molecular weight is 303 g/mol. The third-order valence-corrected chi connectivity index (χ3v) is 4.33. The highest BCUT2D eigenvalue weighted by molar-refractivity contribution is 5.97. The Kier molecular flexibility index (Phi) is 5.55. The molecule has 2 atom stereocenters. The van der Waals surface area contributed by atoms with Gasteiger partial charge in [-0.15, -0.1) is 0 Å². The van der Waals surface area contributed by atoms with Gasteiger partial charge < -0.3 is 16.0 Å². The summed E-state index contributed by atoms with van der Waals surface area (Å²) in [7, 11) is 0. The van der Waals surface area contributed by atoms with Crippen molar-refractivity contribution in [1.82, 2.24) is 4.90 Å². The number of rotatable bonds is 5. The first-order chi connectivity index (χ1) is 10.6. The number of carbonyl (C=O) groups is 2. The molecule has 1 fully saturated rings. The number of hydrogen-bond donors (Lipinski definition) is 2. The van der Waals surface area contributed by atoms with Gasteiger partial charge in [-0.1, -0.05) is 12.5 Å². The number of nitrogens with zero attached hydrogens (tertiary/aromatic N) is 1. The zero-order valence-electron chi connectivity index (χ0n) is 13.3. The SMILES string of the molecule is CCN(CC)C(=O)c1cccc(NC(=O)C2CCCC2N)c1. The number of nitrogens with one attached hydrogen (secondary N) is 1. The van der Waals surface area contributed by atoms with Gasteiger partial charge in [0.15, 0.2) is 0 Å². The summed E-state index contributed by atoms with van der Waals surface area (Å²) < 4.78 is 0. The van der Waals surface area contributed by atoms with Gasteiger partial charge in [0.2, 0.25) is 5.91 Å². The zero-order valence-corrected chi connectivity index (χ0v) is 13.3. The Hall–Kier alpha value is -1.88. The summed E-state index contributed by atoms with van der Waals surface area (Å²) in [6, 6.07) is 7.05. The molecule has 0 saturated heterocycles. The maximum atomic E-state index is 12.3. The van der Waals surface area contributed by atoms with Crippen LogP contribution in [0.15, 0.2) is 24.3 Å². The van der Waals surface area contributed by atoms with Gasteiger partial charge in [0.25, 0.3) is 5.91 Å². The number of anilines is 1. The van der Waals surface area contributed by atoms with Crippen LogP contribution in [0.5, 0.6) is 0 Å². The number of carbonyl (C=O) groups excluding carboxylic acids is 2. The fraction of sp³-hybridized carbons (Fsp3) is 0.529. The van der Waals surface area contributed by atoms with Crippen LogP contribution in [-0.2, 0) is 4.79 Å². The molecule has 3 N–H and O–H groups in total. The predicted molar refractivity (Wildman–Crippen MR) is 87.6 cm³/mol. The Morgan fingerprint density at radius 2 is 2.00 bits per heavy atom. The Morgan fingerprint density at radius 1 is 1.27 bits per heavy atom. The summed E-state index contributed by atoms with van der Waals surface area (Å²) in [6.07, 6.45) is 2.74. The van der Waals surface area contributed by atoms with Crippen molar-refractivity contribution in [3.63, 3.8) is 0 Å². The summed E-state index contributed by atoms with van der Waals surface area (Å²) in [6.45, 7) is 5.24. The first-order valence-electron chi connectivity index (χ1n) is 8.02. The van der Waals surface area contributed by atoms with Gasteiger partial charge in [0.05, 0.1) is 5.92 Å². The molecule has 0 aromatic heterocycles. The van der Waals surface area contributed by atoms with Crippen molar-refractivity contribution >= 4 is 17.5 Å².